The molecule has 0 aromatic carbocycles. The average molecular weight is 501 g/mol. The van der Waals surface area contributed by atoms with Crippen LogP contribution in [0.5, 0.6) is 0 Å². The van der Waals surface area contributed by atoms with Gasteiger partial charge in [-0.1, -0.05) is 27.7 Å². The number of hydrogen-bond donors (Lipinski definition) is 0. The molecule has 0 heterocycles. The molecule has 0 rings (SSSR count). The van der Waals surface area contributed by atoms with E-state index in [0.717, 1.165) is 0 Å². The quantitative estimate of drug-likeness (QED) is 0.299. The molecule has 4 unspecified atom stereocenters. The van der Waals surface area contributed by atoms with Crippen LogP contribution < -0.4 is 0 Å². The second-order valence-electron chi connectivity index (χ2n) is 6.80. The van der Waals surface area contributed by atoms with Gasteiger partial charge in [-0.3, -0.25) is 0 Å². The van der Waals surface area contributed by atoms with E-state index in [4.69, 9.17) is 35.4 Å². The van der Waals surface area contributed by atoms with Crippen LogP contribution in [-0.2, 0) is 35.4 Å². The van der Waals surface area contributed by atoms with Crippen molar-refractivity contribution in [2.45, 2.75) is 48.4 Å². The molecule has 4 atom stereocenters. The zero-order valence-corrected chi connectivity index (χ0v) is 25.1. The van der Waals surface area contributed by atoms with E-state index in [-0.39, 0.29) is 20.7 Å². The van der Waals surface area contributed by atoms with Crippen LogP contribution in [0.25, 0.3) is 0 Å². The minimum absolute atomic E-state index is 0.184. The molecule has 0 amide bonds. The Labute approximate surface area is 185 Å². The normalized spacial score (nSPS) is 19.0. The molecule has 0 N–H and O–H groups in total. The van der Waals surface area contributed by atoms with Crippen molar-refractivity contribution in [3.05, 3.63) is 0 Å². The minimum Gasteiger partial charge on any atom is -0.397 e. The van der Waals surface area contributed by atoms with Crippen molar-refractivity contribution < 1.29 is 35.4 Å². The molecule has 13 heteroatoms. The zero-order chi connectivity index (χ0) is 22.8. The smallest absolute Gasteiger partial charge is 0.384 e. The van der Waals surface area contributed by atoms with Crippen LogP contribution in [0.15, 0.2) is 0 Å². The Kier molecular flexibility index (Phi) is 15.1. The Bertz CT molecular complexity index is 345. The lowest BCUT2D eigenvalue weighted by Gasteiger charge is -2.52. The molecule has 0 fully saturated rings. The van der Waals surface area contributed by atoms with E-state index >= 15 is 0 Å². The molecule has 0 saturated carbocycles. The molecule has 0 bridgehead atoms. The van der Waals surface area contributed by atoms with E-state index in [2.05, 4.69) is 27.7 Å². The van der Waals surface area contributed by atoms with E-state index in [0.29, 0.717) is 0 Å². The summed E-state index contributed by atoms with van der Waals surface area (Å²) in [5.74, 6) is 0. The molecule has 172 valence electrons. The Hall–Kier alpha value is 0.764. The van der Waals surface area contributed by atoms with Crippen LogP contribution in [0.4, 0.5) is 0 Å². The highest BCUT2D eigenvalue weighted by molar-refractivity contribution is 7.06. The molecule has 0 aliphatic heterocycles. The zero-order valence-electron chi connectivity index (χ0n) is 20.1. The molecule has 29 heavy (non-hydrogen) atoms. The van der Waals surface area contributed by atoms with Crippen LogP contribution in [0, 0.1) is 0 Å². The standard InChI is InChI=1S/C16H40O8Si5/c1-13(25(17-5)18-6)29(14(2)26(19-7)20-8,15(3)27(21-9)22-10)16(4)28(23-11)24-12/h13-16H,1-12H3. The van der Waals surface area contributed by atoms with Crippen molar-refractivity contribution in [3.8, 4) is 0 Å². The van der Waals surface area contributed by atoms with E-state index in [9.17, 15) is 0 Å². The van der Waals surface area contributed by atoms with Gasteiger partial charge in [0.1, 0.15) is 0 Å². The summed E-state index contributed by atoms with van der Waals surface area (Å²) in [5.41, 5.74) is 0. The fourth-order valence-corrected chi connectivity index (χ4v) is 34.2. The van der Waals surface area contributed by atoms with E-state index in [1.165, 1.54) is 0 Å². The summed E-state index contributed by atoms with van der Waals surface area (Å²) >= 11 is 0. The summed E-state index contributed by atoms with van der Waals surface area (Å²) in [5, 5.41) is 0.735. The predicted octanol–water partition coefficient (Wildman–Crippen LogP) is 2.28. The van der Waals surface area contributed by atoms with Gasteiger partial charge in [0.05, 0.1) is 8.07 Å². The van der Waals surface area contributed by atoms with Gasteiger partial charge in [0.15, 0.2) is 0 Å². The summed E-state index contributed by atoms with van der Waals surface area (Å²) in [4.78, 5) is 0. The lowest BCUT2D eigenvalue weighted by Crippen LogP contribution is -2.65. The first-order chi connectivity index (χ1) is 13.7. The topological polar surface area (TPSA) is 73.8 Å². The largest absolute Gasteiger partial charge is 0.397 e. The van der Waals surface area contributed by atoms with Crippen molar-refractivity contribution in [2.75, 3.05) is 56.9 Å². The molecule has 0 aromatic rings. The first-order valence-corrected chi connectivity index (χ1v) is 17.4. The average Bonchev–Trinajstić information content (AvgIpc) is 2.72. The van der Waals surface area contributed by atoms with Crippen molar-refractivity contribution >= 4 is 45.2 Å². The summed E-state index contributed by atoms with van der Waals surface area (Å²) in [6.45, 7) is 8.99. The maximum atomic E-state index is 5.86. The van der Waals surface area contributed by atoms with Crippen LogP contribution in [-0.4, -0.2) is 102 Å². The van der Waals surface area contributed by atoms with Gasteiger partial charge in [0.2, 0.25) is 0 Å². The lowest BCUT2D eigenvalue weighted by molar-refractivity contribution is 0.260. The third-order valence-corrected chi connectivity index (χ3v) is 26.9. The summed E-state index contributed by atoms with van der Waals surface area (Å²) in [6.07, 6.45) is 0. The van der Waals surface area contributed by atoms with Crippen LogP contribution in [0.3, 0.4) is 0 Å². The van der Waals surface area contributed by atoms with Gasteiger partial charge >= 0.3 is 37.1 Å². The van der Waals surface area contributed by atoms with E-state index in [1.807, 2.05) is 0 Å². The molecule has 0 aromatic heterocycles. The summed E-state index contributed by atoms with van der Waals surface area (Å²) in [7, 11) is 5.11. The second-order valence-corrected chi connectivity index (χ2v) is 23.9. The molecule has 0 aliphatic carbocycles. The van der Waals surface area contributed by atoms with Gasteiger partial charge in [-0.2, -0.15) is 0 Å². The first kappa shape index (κ1) is 29.8. The monoisotopic (exact) mass is 500 g/mol. The van der Waals surface area contributed by atoms with Gasteiger partial charge in [0, 0.05) is 56.9 Å². The van der Waals surface area contributed by atoms with Crippen LogP contribution in [0.1, 0.15) is 27.7 Å². The fraction of sp³-hybridized carbons (Fsp3) is 1.00. The molecule has 0 aliphatic rings. The highest BCUT2D eigenvalue weighted by atomic mass is 28.4. The van der Waals surface area contributed by atoms with Crippen LogP contribution in [0.2, 0.25) is 20.7 Å². The maximum absolute atomic E-state index is 5.86. The van der Waals surface area contributed by atoms with Crippen molar-refractivity contribution in [1.29, 1.82) is 0 Å². The first-order valence-electron chi connectivity index (χ1n) is 9.52. The Morgan fingerprint density at radius 1 is 0.379 bits per heavy atom. The third kappa shape index (κ3) is 6.39. The Morgan fingerprint density at radius 3 is 0.621 bits per heavy atom. The van der Waals surface area contributed by atoms with Crippen molar-refractivity contribution in [1.82, 2.24) is 0 Å². The lowest BCUT2D eigenvalue weighted by atomic mass is 10.9. The van der Waals surface area contributed by atoms with Crippen molar-refractivity contribution in [3.63, 3.8) is 0 Å². The molecular weight excluding hydrogens is 461 g/mol. The summed E-state index contributed by atoms with van der Waals surface area (Å²) < 4.78 is 46.9. The maximum Gasteiger partial charge on any atom is 0.384 e. The Morgan fingerprint density at radius 2 is 0.517 bits per heavy atom. The molecule has 0 spiro atoms. The number of rotatable bonds is 16. The van der Waals surface area contributed by atoms with Gasteiger partial charge in [-0.15, -0.1) is 0 Å². The van der Waals surface area contributed by atoms with Gasteiger partial charge < -0.3 is 35.4 Å². The highest BCUT2D eigenvalue weighted by Crippen LogP contribution is 2.53. The Balaban J connectivity index is 6.90. The SMILES string of the molecule is CO[Si](OC)C(C)[Si](C(C)[Si](OC)OC)(C(C)[Si](OC)OC)C(C)[Si](OC)OC. The summed E-state index contributed by atoms with van der Waals surface area (Å²) in [6, 6.07) is 0. The van der Waals surface area contributed by atoms with Crippen molar-refractivity contribution in [2.24, 2.45) is 0 Å². The molecule has 0 saturated heterocycles. The molecule has 4 radical (unpaired) electrons. The van der Waals surface area contributed by atoms with Gasteiger partial charge in [-0.05, 0) is 20.7 Å². The predicted molar refractivity (Wildman–Crippen MR) is 123 cm³/mol. The van der Waals surface area contributed by atoms with E-state index in [1.54, 1.807) is 56.9 Å². The third-order valence-electron chi connectivity index (χ3n) is 6.02. The van der Waals surface area contributed by atoms with E-state index < -0.39 is 45.2 Å². The second kappa shape index (κ2) is 14.8. The highest BCUT2D eigenvalue weighted by Gasteiger charge is 2.63. The van der Waals surface area contributed by atoms with Gasteiger partial charge in [-0.25, -0.2) is 0 Å². The number of hydrogen-bond acceptors (Lipinski definition) is 8. The van der Waals surface area contributed by atoms with Crippen LogP contribution >= 0.6 is 0 Å². The molecule has 8 nitrogen and oxygen atoms in total. The van der Waals surface area contributed by atoms with Gasteiger partial charge in [0.25, 0.3) is 0 Å². The fourth-order valence-electron chi connectivity index (χ4n) is 4.81. The minimum atomic E-state index is -2.45. The molecular formula is C16H40O8Si5.